The summed E-state index contributed by atoms with van der Waals surface area (Å²) in [5, 5.41) is 0. The molecule has 6 nitrogen and oxygen atoms in total. The average Bonchev–Trinajstić information content (AvgIpc) is 2.60. The minimum absolute atomic E-state index is 0.381. The Labute approximate surface area is 143 Å². The molecule has 0 aliphatic carbocycles. The molecule has 0 aromatic heterocycles. The summed E-state index contributed by atoms with van der Waals surface area (Å²) in [5.41, 5.74) is 1.80. The molecule has 0 spiro atoms. The normalized spacial score (nSPS) is 11.2. The van der Waals surface area contributed by atoms with E-state index in [2.05, 4.69) is 0 Å². The summed E-state index contributed by atoms with van der Waals surface area (Å²) in [5.74, 6) is 0. The van der Waals surface area contributed by atoms with Gasteiger partial charge in [-0.3, -0.25) is 9.59 Å². The Kier molecular flexibility index (Phi) is 9.41. The molecule has 0 saturated heterocycles. The first kappa shape index (κ1) is 20.4. The van der Waals surface area contributed by atoms with Crippen molar-refractivity contribution < 1.29 is 28.5 Å². The van der Waals surface area contributed by atoms with E-state index in [9.17, 15) is 9.59 Å². The molecule has 1 rings (SSSR count). The minimum atomic E-state index is -0.703. The number of hydrogen-bond donors (Lipinski definition) is 0. The molecular formula is C18H26O6. The molecule has 0 atom stereocenters. The fourth-order valence-electron chi connectivity index (χ4n) is 2.34. The highest BCUT2D eigenvalue weighted by Gasteiger charge is 2.23. The molecule has 0 aliphatic rings. The molecule has 134 valence electrons. The van der Waals surface area contributed by atoms with Crippen LogP contribution in [0.25, 0.3) is 0 Å². The van der Waals surface area contributed by atoms with Gasteiger partial charge in [-0.05, 0) is 39.8 Å². The zero-order chi connectivity index (χ0) is 17.9. The molecule has 0 radical (unpaired) electrons. The molecule has 0 amide bonds. The van der Waals surface area contributed by atoms with Crippen molar-refractivity contribution in [1.82, 2.24) is 0 Å². The first-order chi connectivity index (χ1) is 11.7. The number of aldehydes is 2. The lowest BCUT2D eigenvalue weighted by Gasteiger charge is -2.23. The van der Waals surface area contributed by atoms with Crippen LogP contribution in [0.2, 0.25) is 0 Å². The zero-order valence-corrected chi connectivity index (χ0v) is 14.7. The summed E-state index contributed by atoms with van der Waals surface area (Å²) in [6.45, 7) is 9.01. The SMILES string of the molecule is CCOC(OCC)c1cc(C=O)c(C(OCC)OCC)cc1C=O. The largest absolute Gasteiger partial charge is 0.349 e. The molecule has 0 saturated carbocycles. The molecule has 0 heterocycles. The molecule has 1 aromatic carbocycles. The highest BCUT2D eigenvalue weighted by Crippen LogP contribution is 2.30. The maximum atomic E-state index is 11.5. The third-order valence-electron chi connectivity index (χ3n) is 3.32. The fraction of sp³-hybridized carbons (Fsp3) is 0.556. The van der Waals surface area contributed by atoms with E-state index in [-0.39, 0.29) is 0 Å². The Bertz CT molecular complexity index is 469. The van der Waals surface area contributed by atoms with Gasteiger partial charge in [0, 0.05) is 48.7 Å². The lowest BCUT2D eigenvalue weighted by Crippen LogP contribution is -2.16. The number of benzene rings is 1. The third-order valence-corrected chi connectivity index (χ3v) is 3.32. The predicted molar refractivity (Wildman–Crippen MR) is 89.2 cm³/mol. The first-order valence-electron chi connectivity index (χ1n) is 8.21. The maximum Gasteiger partial charge on any atom is 0.184 e. The van der Waals surface area contributed by atoms with Gasteiger partial charge < -0.3 is 18.9 Å². The van der Waals surface area contributed by atoms with E-state index in [1.807, 2.05) is 27.7 Å². The Balaban J connectivity index is 3.39. The monoisotopic (exact) mass is 338 g/mol. The molecular weight excluding hydrogens is 312 g/mol. The molecule has 0 N–H and O–H groups in total. The summed E-state index contributed by atoms with van der Waals surface area (Å²) in [7, 11) is 0. The number of carbonyl (C=O) groups excluding carboxylic acids is 2. The average molecular weight is 338 g/mol. The maximum absolute atomic E-state index is 11.5. The van der Waals surface area contributed by atoms with E-state index in [4.69, 9.17) is 18.9 Å². The van der Waals surface area contributed by atoms with Gasteiger partial charge in [0.1, 0.15) is 0 Å². The van der Waals surface area contributed by atoms with Crippen molar-refractivity contribution in [1.29, 1.82) is 0 Å². The molecule has 1 aromatic rings. The van der Waals surface area contributed by atoms with Crippen molar-refractivity contribution >= 4 is 12.6 Å². The summed E-state index contributed by atoms with van der Waals surface area (Å²) < 4.78 is 22.2. The molecule has 0 bridgehead atoms. The van der Waals surface area contributed by atoms with Crippen molar-refractivity contribution in [3.63, 3.8) is 0 Å². The lowest BCUT2D eigenvalue weighted by atomic mass is 9.98. The van der Waals surface area contributed by atoms with Crippen LogP contribution in [0, 0.1) is 0 Å². The van der Waals surface area contributed by atoms with Gasteiger partial charge in [0.25, 0.3) is 0 Å². The Morgan fingerprint density at radius 2 is 1.00 bits per heavy atom. The number of rotatable bonds is 12. The van der Waals surface area contributed by atoms with Crippen molar-refractivity contribution in [2.75, 3.05) is 26.4 Å². The van der Waals surface area contributed by atoms with Crippen LogP contribution in [0.15, 0.2) is 12.1 Å². The minimum Gasteiger partial charge on any atom is -0.349 e. The van der Waals surface area contributed by atoms with Gasteiger partial charge in [-0.25, -0.2) is 0 Å². The van der Waals surface area contributed by atoms with Crippen LogP contribution < -0.4 is 0 Å². The summed E-state index contributed by atoms with van der Waals surface area (Å²) in [4.78, 5) is 23.1. The second-order valence-corrected chi connectivity index (χ2v) is 4.83. The van der Waals surface area contributed by atoms with E-state index in [0.717, 1.165) is 0 Å². The van der Waals surface area contributed by atoms with Gasteiger partial charge in [0.05, 0.1) is 0 Å². The summed E-state index contributed by atoms with van der Waals surface area (Å²) in [6.07, 6.45) is 0.0250. The van der Waals surface area contributed by atoms with E-state index >= 15 is 0 Å². The smallest absolute Gasteiger partial charge is 0.184 e. The van der Waals surface area contributed by atoms with Crippen LogP contribution in [0.3, 0.4) is 0 Å². The van der Waals surface area contributed by atoms with Crippen molar-refractivity contribution in [3.8, 4) is 0 Å². The molecule has 6 heteroatoms. The Morgan fingerprint density at radius 1 is 0.708 bits per heavy atom. The van der Waals surface area contributed by atoms with Crippen LogP contribution in [0.1, 0.15) is 72.1 Å². The van der Waals surface area contributed by atoms with Crippen LogP contribution in [-0.2, 0) is 18.9 Å². The van der Waals surface area contributed by atoms with Crippen LogP contribution in [-0.4, -0.2) is 39.0 Å². The van der Waals surface area contributed by atoms with Crippen molar-refractivity contribution in [3.05, 3.63) is 34.4 Å². The lowest BCUT2D eigenvalue weighted by molar-refractivity contribution is -0.142. The van der Waals surface area contributed by atoms with E-state index in [1.165, 1.54) is 0 Å². The van der Waals surface area contributed by atoms with Crippen LogP contribution in [0.4, 0.5) is 0 Å². The number of hydrogen-bond acceptors (Lipinski definition) is 6. The van der Waals surface area contributed by atoms with Gasteiger partial charge in [-0.2, -0.15) is 0 Å². The van der Waals surface area contributed by atoms with Gasteiger partial charge in [-0.15, -0.1) is 0 Å². The summed E-state index contributed by atoms with van der Waals surface area (Å²) in [6, 6.07) is 3.21. The van der Waals surface area contributed by atoms with Crippen molar-refractivity contribution in [2.45, 2.75) is 40.3 Å². The molecule has 0 aliphatic heterocycles. The molecule has 24 heavy (non-hydrogen) atoms. The Morgan fingerprint density at radius 3 is 1.21 bits per heavy atom. The van der Waals surface area contributed by atoms with E-state index in [0.29, 0.717) is 61.3 Å². The quantitative estimate of drug-likeness (QED) is 0.429. The Hall–Kier alpha value is -1.60. The highest BCUT2D eigenvalue weighted by molar-refractivity contribution is 5.84. The van der Waals surface area contributed by atoms with E-state index < -0.39 is 12.6 Å². The third kappa shape index (κ3) is 5.21. The second kappa shape index (κ2) is 11.0. The fourth-order valence-corrected chi connectivity index (χ4v) is 2.34. The number of ether oxygens (including phenoxy) is 4. The zero-order valence-electron chi connectivity index (χ0n) is 14.7. The van der Waals surface area contributed by atoms with Crippen LogP contribution >= 0.6 is 0 Å². The van der Waals surface area contributed by atoms with Gasteiger partial charge in [-0.1, -0.05) is 0 Å². The van der Waals surface area contributed by atoms with Gasteiger partial charge in [0.15, 0.2) is 25.2 Å². The highest BCUT2D eigenvalue weighted by atomic mass is 16.7. The van der Waals surface area contributed by atoms with Gasteiger partial charge >= 0.3 is 0 Å². The standard InChI is InChI=1S/C18H26O6/c1-5-21-17(22-6-2)15-9-14(12-20)16(10-13(15)11-19)18(23-7-3)24-8-4/h9-12,17-18H,5-8H2,1-4H3. The summed E-state index contributed by atoms with van der Waals surface area (Å²) >= 11 is 0. The van der Waals surface area contributed by atoms with Crippen molar-refractivity contribution in [2.24, 2.45) is 0 Å². The van der Waals surface area contributed by atoms with Gasteiger partial charge in [0.2, 0.25) is 0 Å². The second-order valence-electron chi connectivity index (χ2n) is 4.83. The molecule has 0 fully saturated rings. The first-order valence-corrected chi connectivity index (χ1v) is 8.21. The van der Waals surface area contributed by atoms with Crippen LogP contribution in [0.5, 0.6) is 0 Å². The topological polar surface area (TPSA) is 71.1 Å². The predicted octanol–water partition coefficient (Wildman–Crippen LogP) is 3.45. The number of carbonyl (C=O) groups is 2. The van der Waals surface area contributed by atoms with E-state index in [1.54, 1.807) is 12.1 Å². The molecule has 0 unspecified atom stereocenters.